The quantitative estimate of drug-likeness (QED) is 0.192. The molecule has 6 nitrogen and oxygen atoms in total. The maximum atomic E-state index is 7.71. The average Bonchev–Trinajstić information content (AvgIpc) is 3.64. The number of rotatable bonds is 4. The minimum absolute atomic E-state index is 0.516. The third kappa shape index (κ3) is 4.00. The Morgan fingerprint density at radius 1 is 0.435 bits per heavy atom. The molecule has 9 rings (SSSR count). The second kappa shape index (κ2) is 10.3. The highest BCUT2D eigenvalue weighted by atomic mass is 15.2. The first-order valence-electron chi connectivity index (χ1n) is 15.1. The van der Waals surface area contributed by atoms with Crippen LogP contribution >= 0.6 is 0 Å². The van der Waals surface area contributed by atoms with Crippen LogP contribution in [0.25, 0.3) is 82.9 Å². The van der Waals surface area contributed by atoms with E-state index in [-0.39, 0.29) is 0 Å². The van der Waals surface area contributed by atoms with Crippen LogP contribution in [0.2, 0.25) is 0 Å². The van der Waals surface area contributed by atoms with E-state index in [0.29, 0.717) is 23.3 Å². The van der Waals surface area contributed by atoms with Crippen LogP contribution in [0.5, 0.6) is 0 Å². The lowest BCUT2D eigenvalue weighted by molar-refractivity contribution is 0.953. The van der Waals surface area contributed by atoms with Crippen molar-refractivity contribution in [3.63, 3.8) is 0 Å². The topological polar surface area (TPSA) is 52.9 Å². The lowest BCUT2D eigenvalue weighted by Gasteiger charge is -2.12. The Morgan fingerprint density at radius 2 is 0.978 bits per heavy atom. The molecular weight excluding hydrogens is 564 g/mol. The van der Waals surface area contributed by atoms with E-state index in [1.54, 1.807) is 0 Å². The Morgan fingerprint density at radius 3 is 1.59 bits per heavy atom. The van der Waals surface area contributed by atoms with Crippen LogP contribution in [0.1, 0.15) is 0 Å². The van der Waals surface area contributed by atoms with E-state index in [4.69, 9.17) is 21.5 Å². The monoisotopic (exact) mass is 588 g/mol. The van der Waals surface area contributed by atoms with E-state index in [9.17, 15) is 0 Å². The summed E-state index contributed by atoms with van der Waals surface area (Å²) < 4.78 is 4.42. The zero-order valence-electron chi connectivity index (χ0n) is 24.5. The van der Waals surface area contributed by atoms with Gasteiger partial charge in [0.1, 0.15) is 0 Å². The van der Waals surface area contributed by atoms with Crippen molar-refractivity contribution in [3.05, 3.63) is 157 Å². The Kier molecular flexibility index (Phi) is 5.77. The van der Waals surface area contributed by atoms with Crippen LogP contribution in [0.3, 0.4) is 0 Å². The van der Waals surface area contributed by atoms with Gasteiger partial charge in [0, 0.05) is 33.0 Å². The summed E-state index contributed by atoms with van der Waals surface area (Å²) in [4.78, 5) is 18.8. The van der Waals surface area contributed by atoms with E-state index >= 15 is 0 Å². The van der Waals surface area contributed by atoms with Gasteiger partial charge in [-0.1, -0.05) is 109 Å². The minimum atomic E-state index is 0.516. The van der Waals surface area contributed by atoms with Gasteiger partial charge in [-0.15, -0.1) is 0 Å². The normalized spacial score (nSPS) is 11.5. The first kappa shape index (κ1) is 25.9. The smallest absolute Gasteiger partial charge is 0.238 e. The van der Waals surface area contributed by atoms with Crippen LogP contribution in [-0.4, -0.2) is 24.1 Å². The second-order valence-corrected chi connectivity index (χ2v) is 11.2. The van der Waals surface area contributed by atoms with Gasteiger partial charge in [-0.2, -0.15) is 9.97 Å². The molecule has 0 atom stereocenters. The molecule has 0 spiro atoms. The SMILES string of the molecule is [C-]#[N+]c1ccc2c(c1)c1ccc(-n3c4ccccc4c4ccccc43)cc1n2-c1nc(-c2ccccc2)nc(-c2ccccc2)n1. The van der Waals surface area contributed by atoms with Gasteiger partial charge in [-0.25, -0.2) is 9.83 Å². The van der Waals surface area contributed by atoms with Crippen LogP contribution in [0.15, 0.2) is 146 Å². The van der Waals surface area contributed by atoms with Crippen molar-refractivity contribution in [1.29, 1.82) is 0 Å². The number of nitrogens with zero attached hydrogens (tertiary/aromatic N) is 6. The first-order valence-corrected chi connectivity index (χ1v) is 15.1. The number of benzene rings is 6. The largest absolute Gasteiger partial charge is 0.309 e. The molecule has 0 radical (unpaired) electrons. The number of hydrogen-bond donors (Lipinski definition) is 0. The summed E-state index contributed by atoms with van der Waals surface area (Å²) >= 11 is 0. The lowest BCUT2D eigenvalue weighted by atomic mass is 10.1. The summed E-state index contributed by atoms with van der Waals surface area (Å²) in [7, 11) is 0. The molecule has 0 aliphatic rings. The summed E-state index contributed by atoms with van der Waals surface area (Å²) in [5, 5.41) is 4.41. The molecule has 0 saturated heterocycles. The van der Waals surface area contributed by atoms with Crippen molar-refractivity contribution in [2.24, 2.45) is 0 Å². The van der Waals surface area contributed by atoms with Gasteiger partial charge in [0.15, 0.2) is 17.3 Å². The third-order valence-electron chi connectivity index (χ3n) is 8.59. The Labute approximate surface area is 264 Å². The zero-order valence-corrected chi connectivity index (χ0v) is 24.5. The molecule has 0 fully saturated rings. The fourth-order valence-electron chi connectivity index (χ4n) is 6.52. The molecule has 0 amide bonds. The van der Waals surface area contributed by atoms with Crippen molar-refractivity contribution in [2.45, 2.75) is 0 Å². The van der Waals surface area contributed by atoms with Gasteiger partial charge >= 0.3 is 0 Å². The first-order chi connectivity index (χ1) is 22.8. The standard InChI is InChI=1S/C40H24N6/c1-41-28-20-23-36-33(24-28)32-22-21-29(45-34-18-10-8-16-30(34)31-17-9-11-19-35(31)45)25-37(32)46(36)40-43-38(26-12-4-2-5-13-26)42-39(44-40)27-14-6-3-7-15-27/h2-25H. The predicted molar refractivity (Wildman–Crippen MR) is 186 cm³/mol. The molecule has 6 heteroatoms. The number of aromatic nitrogens is 5. The predicted octanol–water partition coefficient (Wildman–Crippen LogP) is 9.95. The molecule has 214 valence electrons. The van der Waals surface area contributed by atoms with Crippen molar-refractivity contribution in [3.8, 4) is 34.4 Å². The highest BCUT2D eigenvalue weighted by molar-refractivity contribution is 6.12. The van der Waals surface area contributed by atoms with Gasteiger partial charge in [-0.3, -0.25) is 4.57 Å². The Balaban J connectivity index is 1.38. The average molecular weight is 589 g/mol. The van der Waals surface area contributed by atoms with Gasteiger partial charge < -0.3 is 4.57 Å². The molecule has 0 saturated carbocycles. The molecule has 0 N–H and O–H groups in total. The minimum Gasteiger partial charge on any atom is -0.309 e. The Bertz CT molecular complexity index is 2530. The van der Waals surface area contributed by atoms with E-state index in [0.717, 1.165) is 49.7 Å². The highest BCUT2D eigenvalue weighted by Crippen LogP contribution is 2.38. The molecule has 46 heavy (non-hydrogen) atoms. The van der Waals surface area contributed by atoms with E-state index in [1.165, 1.54) is 10.8 Å². The highest BCUT2D eigenvalue weighted by Gasteiger charge is 2.20. The summed E-state index contributed by atoms with van der Waals surface area (Å²) in [6.07, 6.45) is 0. The summed E-state index contributed by atoms with van der Waals surface area (Å²) in [5.74, 6) is 1.70. The lowest BCUT2D eigenvalue weighted by Crippen LogP contribution is -2.06. The molecule has 0 aliphatic carbocycles. The van der Waals surface area contributed by atoms with E-state index in [1.807, 2.05) is 78.9 Å². The zero-order chi connectivity index (χ0) is 30.6. The van der Waals surface area contributed by atoms with Crippen molar-refractivity contribution in [2.75, 3.05) is 0 Å². The van der Waals surface area contributed by atoms with Crippen LogP contribution in [0, 0.1) is 6.57 Å². The van der Waals surface area contributed by atoms with Gasteiger partial charge in [0.2, 0.25) is 5.95 Å². The fraction of sp³-hybridized carbons (Fsp3) is 0. The molecule has 3 aromatic heterocycles. The van der Waals surface area contributed by atoms with Crippen LogP contribution in [0.4, 0.5) is 5.69 Å². The van der Waals surface area contributed by atoms with Crippen molar-refractivity contribution in [1.82, 2.24) is 24.1 Å². The van der Waals surface area contributed by atoms with Gasteiger partial charge in [0.25, 0.3) is 0 Å². The van der Waals surface area contributed by atoms with Gasteiger partial charge in [-0.05, 0) is 41.8 Å². The van der Waals surface area contributed by atoms with Crippen molar-refractivity contribution >= 4 is 49.3 Å². The number of fused-ring (bicyclic) bond motifs is 6. The molecule has 9 aromatic rings. The fourth-order valence-corrected chi connectivity index (χ4v) is 6.52. The Hall–Kier alpha value is -6.58. The van der Waals surface area contributed by atoms with Gasteiger partial charge in [0.05, 0.1) is 28.6 Å². The molecule has 6 aromatic carbocycles. The summed E-state index contributed by atoms with van der Waals surface area (Å²) in [6, 6.07) is 49.4. The summed E-state index contributed by atoms with van der Waals surface area (Å²) in [5.41, 5.74) is 7.57. The van der Waals surface area contributed by atoms with Crippen molar-refractivity contribution < 1.29 is 0 Å². The third-order valence-corrected chi connectivity index (χ3v) is 8.59. The molecular formula is C40H24N6. The van der Waals surface area contributed by atoms with Crippen LogP contribution in [-0.2, 0) is 0 Å². The molecule has 0 bridgehead atoms. The van der Waals surface area contributed by atoms with Crippen LogP contribution < -0.4 is 0 Å². The number of hydrogen-bond acceptors (Lipinski definition) is 3. The number of para-hydroxylation sites is 2. The second-order valence-electron chi connectivity index (χ2n) is 11.2. The molecule has 0 aliphatic heterocycles. The molecule has 3 heterocycles. The maximum absolute atomic E-state index is 7.71. The van der Waals surface area contributed by atoms with E-state index in [2.05, 4.69) is 80.7 Å². The van der Waals surface area contributed by atoms with E-state index < -0.39 is 0 Å². The summed E-state index contributed by atoms with van der Waals surface area (Å²) in [6.45, 7) is 7.71. The molecule has 0 unspecified atom stereocenters. The maximum Gasteiger partial charge on any atom is 0.238 e.